The second-order valence-corrected chi connectivity index (χ2v) is 8.96. The minimum Gasteiger partial charge on any atom is -0.494 e. The first kappa shape index (κ1) is 26.9. The summed E-state index contributed by atoms with van der Waals surface area (Å²) in [6.45, 7) is 4.04. The zero-order valence-corrected chi connectivity index (χ0v) is 21.9. The van der Waals surface area contributed by atoms with Crippen LogP contribution >= 0.6 is 0 Å². The molecule has 0 radical (unpaired) electrons. The van der Waals surface area contributed by atoms with Gasteiger partial charge in [0, 0.05) is 56.2 Å². The number of hydrogen-bond donors (Lipinski definition) is 1. The SMILES string of the molecule is CCOc1ccc(CN(CCc2c[nH]c3ccccc23)C(=O)CN(CCOC)C(=O)c2cccnc2)cc1. The molecule has 0 aliphatic heterocycles. The van der Waals surface area contributed by atoms with Gasteiger partial charge in [0.05, 0.1) is 18.8 Å². The topological polar surface area (TPSA) is 87.8 Å². The quantitative estimate of drug-likeness (QED) is 0.287. The normalized spacial score (nSPS) is 10.9. The second-order valence-electron chi connectivity index (χ2n) is 8.96. The van der Waals surface area contributed by atoms with E-state index in [1.807, 2.05) is 60.5 Å². The molecular weight excluding hydrogens is 480 g/mol. The lowest BCUT2D eigenvalue weighted by atomic mass is 10.1. The molecule has 4 rings (SSSR count). The molecular formula is C30H34N4O4. The first-order chi connectivity index (χ1) is 18.6. The molecule has 2 amide bonds. The number of H-pyrrole nitrogens is 1. The van der Waals surface area contributed by atoms with E-state index in [9.17, 15) is 9.59 Å². The van der Waals surface area contributed by atoms with Gasteiger partial charge in [-0.3, -0.25) is 14.6 Å². The highest BCUT2D eigenvalue weighted by Gasteiger charge is 2.23. The van der Waals surface area contributed by atoms with Gasteiger partial charge in [-0.25, -0.2) is 0 Å². The summed E-state index contributed by atoms with van der Waals surface area (Å²) >= 11 is 0. The number of nitrogens with zero attached hydrogens (tertiary/aromatic N) is 3. The van der Waals surface area contributed by atoms with E-state index in [2.05, 4.69) is 16.0 Å². The van der Waals surface area contributed by atoms with Crippen molar-refractivity contribution in [3.05, 3.63) is 95.9 Å². The Labute approximate surface area is 223 Å². The van der Waals surface area contributed by atoms with E-state index < -0.39 is 0 Å². The Morgan fingerprint density at radius 3 is 2.53 bits per heavy atom. The number of carbonyl (C=O) groups is 2. The van der Waals surface area contributed by atoms with Crippen LogP contribution < -0.4 is 4.74 Å². The van der Waals surface area contributed by atoms with Gasteiger partial charge in [0.1, 0.15) is 12.3 Å². The lowest BCUT2D eigenvalue weighted by molar-refractivity contribution is -0.132. The summed E-state index contributed by atoms with van der Waals surface area (Å²) in [4.78, 5) is 37.6. The molecule has 0 fully saturated rings. The van der Waals surface area contributed by atoms with E-state index >= 15 is 0 Å². The summed E-state index contributed by atoms with van der Waals surface area (Å²) in [6, 6.07) is 19.3. The van der Waals surface area contributed by atoms with E-state index in [4.69, 9.17) is 9.47 Å². The van der Waals surface area contributed by atoms with Crippen molar-refractivity contribution < 1.29 is 19.1 Å². The van der Waals surface area contributed by atoms with Crippen LogP contribution in [0.3, 0.4) is 0 Å². The number of methoxy groups -OCH3 is 1. The van der Waals surface area contributed by atoms with Crippen LogP contribution in [0.15, 0.2) is 79.3 Å². The van der Waals surface area contributed by atoms with E-state index in [-0.39, 0.29) is 18.4 Å². The van der Waals surface area contributed by atoms with Crippen molar-refractivity contribution in [3.63, 3.8) is 0 Å². The molecule has 4 aromatic rings. The lowest BCUT2D eigenvalue weighted by Gasteiger charge is -2.28. The van der Waals surface area contributed by atoms with Crippen molar-refractivity contribution in [2.45, 2.75) is 19.9 Å². The van der Waals surface area contributed by atoms with E-state index in [1.165, 1.54) is 11.1 Å². The molecule has 2 heterocycles. The summed E-state index contributed by atoms with van der Waals surface area (Å²) in [5.41, 5.74) is 3.64. The second kappa shape index (κ2) is 13.4. The Hall–Kier alpha value is -4.17. The molecule has 2 aromatic carbocycles. The number of aromatic amines is 1. The van der Waals surface area contributed by atoms with Gasteiger partial charge in [-0.1, -0.05) is 30.3 Å². The molecule has 38 heavy (non-hydrogen) atoms. The van der Waals surface area contributed by atoms with Crippen LogP contribution in [0.5, 0.6) is 5.75 Å². The van der Waals surface area contributed by atoms with Crippen LogP contribution in [0.25, 0.3) is 10.9 Å². The summed E-state index contributed by atoms with van der Waals surface area (Å²) in [5, 5.41) is 1.15. The van der Waals surface area contributed by atoms with Gasteiger partial charge < -0.3 is 24.3 Å². The van der Waals surface area contributed by atoms with Gasteiger partial charge in [-0.05, 0) is 54.8 Å². The summed E-state index contributed by atoms with van der Waals surface area (Å²) in [7, 11) is 1.58. The van der Waals surface area contributed by atoms with Crippen molar-refractivity contribution >= 4 is 22.7 Å². The fraction of sp³-hybridized carbons (Fsp3) is 0.300. The first-order valence-electron chi connectivity index (χ1n) is 12.8. The third-order valence-electron chi connectivity index (χ3n) is 6.37. The molecule has 0 spiro atoms. The third-order valence-corrected chi connectivity index (χ3v) is 6.37. The number of ether oxygens (including phenoxy) is 2. The van der Waals surface area contributed by atoms with Crippen LogP contribution in [0.2, 0.25) is 0 Å². The Morgan fingerprint density at radius 2 is 1.79 bits per heavy atom. The summed E-state index contributed by atoms with van der Waals surface area (Å²) in [5.74, 6) is 0.411. The molecule has 198 valence electrons. The molecule has 0 saturated carbocycles. The van der Waals surface area contributed by atoms with Crippen LogP contribution in [-0.4, -0.2) is 71.5 Å². The molecule has 0 atom stereocenters. The Bertz CT molecular complexity index is 1320. The van der Waals surface area contributed by atoms with Gasteiger partial charge in [-0.2, -0.15) is 0 Å². The number of hydrogen-bond acceptors (Lipinski definition) is 5. The predicted molar refractivity (Wildman–Crippen MR) is 147 cm³/mol. The molecule has 0 saturated heterocycles. The summed E-state index contributed by atoms with van der Waals surface area (Å²) in [6.07, 6.45) is 5.81. The van der Waals surface area contributed by atoms with Crippen LogP contribution in [0, 0.1) is 0 Å². The molecule has 2 aromatic heterocycles. The number of fused-ring (bicyclic) bond motifs is 1. The van der Waals surface area contributed by atoms with E-state index in [0.717, 1.165) is 27.8 Å². The van der Waals surface area contributed by atoms with Gasteiger partial charge in [0.2, 0.25) is 5.91 Å². The first-order valence-corrected chi connectivity index (χ1v) is 12.8. The third kappa shape index (κ3) is 6.98. The standard InChI is InChI=1S/C30H34N4O4/c1-3-38-26-12-10-23(11-13-26)21-33(16-14-24-20-32-28-9-5-4-8-27(24)28)29(35)22-34(17-18-37-2)30(36)25-7-6-15-31-19-25/h4-13,15,19-20,32H,3,14,16-18,21-22H2,1-2H3. The monoisotopic (exact) mass is 514 g/mol. The Balaban J connectivity index is 1.53. The Morgan fingerprint density at radius 1 is 0.974 bits per heavy atom. The molecule has 8 heteroatoms. The number of pyridine rings is 1. The summed E-state index contributed by atoms with van der Waals surface area (Å²) < 4.78 is 10.8. The predicted octanol–water partition coefficient (Wildman–Crippen LogP) is 4.32. The van der Waals surface area contributed by atoms with Crippen molar-refractivity contribution in [2.24, 2.45) is 0 Å². The number of amides is 2. The smallest absolute Gasteiger partial charge is 0.255 e. The highest BCUT2D eigenvalue weighted by molar-refractivity contribution is 5.96. The Kier molecular flexibility index (Phi) is 9.48. The van der Waals surface area contributed by atoms with Crippen molar-refractivity contribution in [1.82, 2.24) is 19.8 Å². The van der Waals surface area contributed by atoms with Crippen LogP contribution in [-0.2, 0) is 22.5 Å². The number of rotatable bonds is 13. The number of carbonyl (C=O) groups excluding carboxylic acids is 2. The molecule has 1 N–H and O–H groups in total. The molecule has 8 nitrogen and oxygen atoms in total. The number of benzene rings is 2. The van der Waals surface area contributed by atoms with Crippen LogP contribution in [0.1, 0.15) is 28.4 Å². The average molecular weight is 515 g/mol. The molecule has 0 aliphatic rings. The van der Waals surface area contributed by atoms with Gasteiger partial charge in [-0.15, -0.1) is 0 Å². The van der Waals surface area contributed by atoms with Crippen LogP contribution in [0.4, 0.5) is 0 Å². The fourth-order valence-corrected chi connectivity index (χ4v) is 4.35. The number of aromatic nitrogens is 2. The van der Waals surface area contributed by atoms with Gasteiger partial charge in [0.25, 0.3) is 5.91 Å². The highest BCUT2D eigenvalue weighted by atomic mass is 16.5. The number of nitrogens with one attached hydrogen (secondary N) is 1. The molecule has 0 unspecified atom stereocenters. The number of para-hydroxylation sites is 1. The van der Waals surface area contributed by atoms with E-state index in [0.29, 0.717) is 44.8 Å². The fourth-order valence-electron chi connectivity index (χ4n) is 4.35. The minimum absolute atomic E-state index is 0.0536. The van der Waals surface area contributed by atoms with Crippen molar-refractivity contribution in [3.8, 4) is 5.75 Å². The lowest BCUT2D eigenvalue weighted by Crippen LogP contribution is -2.44. The molecule has 0 bridgehead atoms. The minimum atomic E-state index is -0.249. The average Bonchev–Trinajstić information content (AvgIpc) is 3.37. The largest absolute Gasteiger partial charge is 0.494 e. The van der Waals surface area contributed by atoms with E-state index in [1.54, 1.807) is 25.4 Å². The maximum absolute atomic E-state index is 13.7. The zero-order chi connectivity index (χ0) is 26.7. The maximum atomic E-state index is 13.7. The zero-order valence-electron chi connectivity index (χ0n) is 21.9. The van der Waals surface area contributed by atoms with Crippen molar-refractivity contribution in [1.29, 1.82) is 0 Å². The van der Waals surface area contributed by atoms with Crippen molar-refractivity contribution in [2.75, 3.05) is 40.0 Å². The van der Waals surface area contributed by atoms with Gasteiger partial charge in [0.15, 0.2) is 0 Å². The molecule has 0 aliphatic carbocycles. The maximum Gasteiger partial charge on any atom is 0.255 e. The van der Waals surface area contributed by atoms with Gasteiger partial charge >= 0.3 is 0 Å². The highest BCUT2D eigenvalue weighted by Crippen LogP contribution is 2.20.